The first-order valence-electron chi connectivity index (χ1n) is 6.89. The lowest BCUT2D eigenvalue weighted by Gasteiger charge is -2.35. The molecule has 0 saturated carbocycles. The van der Waals surface area contributed by atoms with Crippen LogP contribution < -0.4 is 5.32 Å². The lowest BCUT2D eigenvalue weighted by atomic mass is 10.0. The summed E-state index contributed by atoms with van der Waals surface area (Å²) in [6.07, 6.45) is 0.130. The first kappa shape index (κ1) is 13.9. The van der Waals surface area contributed by atoms with Gasteiger partial charge in [-0.15, -0.1) is 0 Å². The summed E-state index contributed by atoms with van der Waals surface area (Å²) in [5.41, 5.74) is 2.56. The summed E-state index contributed by atoms with van der Waals surface area (Å²) in [7, 11) is 1.83. The second-order valence-electron chi connectivity index (χ2n) is 4.74. The third-order valence-electron chi connectivity index (χ3n) is 3.45. The SMILES string of the molecule is CCNC(=NC)N1CCOC(c2ccccc2C)C1. The van der Waals surface area contributed by atoms with Crippen LogP contribution in [0.4, 0.5) is 0 Å². The Morgan fingerprint density at radius 3 is 2.95 bits per heavy atom. The molecule has 1 aromatic carbocycles. The molecule has 19 heavy (non-hydrogen) atoms. The van der Waals surface area contributed by atoms with Gasteiger partial charge in [0.15, 0.2) is 5.96 Å². The number of guanidine groups is 1. The molecule has 0 aliphatic carbocycles. The molecule has 4 nitrogen and oxygen atoms in total. The Kier molecular flexibility index (Phi) is 4.80. The van der Waals surface area contributed by atoms with Gasteiger partial charge in [0.1, 0.15) is 6.10 Å². The number of benzene rings is 1. The summed E-state index contributed by atoms with van der Waals surface area (Å²) in [6.45, 7) is 7.59. The van der Waals surface area contributed by atoms with Gasteiger partial charge in [-0.05, 0) is 25.0 Å². The van der Waals surface area contributed by atoms with Crippen molar-refractivity contribution in [2.75, 3.05) is 33.3 Å². The second-order valence-corrected chi connectivity index (χ2v) is 4.74. The van der Waals surface area contributed by atoms with Crippen LogP contribution >= 0.6 is 0 Å². The van der Waals surface area contributed by atoms with Crippen molar-refractivity contribution in [2.45, 2.75) is 20.0 Å². The summed E-state index contributed by atoms with van der Waals surface area (Å²) < 4.78 is 5.92. The minimum Gasteiger partial charge on any atom is -0.370 e. The third kappa shape index (κ3) is 3.26. The van der Waals surface area contributed by atoms with Crippen LogP contribution in [0.15, 0.2) is 29.3 Å². The molecule has 0 radical (unpaired) electrons. The van der Waals surface area contributed by atoms with Gasteiger partial charge in [0.2, 0.25) is 0 Å². The van der Waals surface area contributed by atoms with Crippen molar-refractivity contribution in [3.8, 4) is 0 Å². The van der Waals surface area contributed by atoms with Crippen molar-refractivity contribution < 1.29 is 4.74 Å². The van der Waals surface area contributed by atoms with Crippen LogP contribution in [0.25, 0.3) is 0 Å². The Hall–Kier alpha value is -1.55. The van der Waals surface area contributed by atoms with E-state index >= 15 is 0 Å². The first-order valence-corrected chi connectivity index (χ1v) is 6.89. The molecule has 0 bridgehead atoms. The zero-order valence-corrected chi connectivity index (χ0v) is 12.0. The normalized spacial score (nSPS) is 20.5. The van der Waals surface area contributed by atoms with E-state index in [1.54, 1.807) is 0 Å². The van der Waals surface area contributed by atoms with Crippen LogP contribution in [0.5, 0.6) is 0 Å². The minimum absolute atomic E-state index is 0.130. The number of hydrogen-bond acceptors (Lipinski definition) is 2. The zero-order chi connectivity index (χ0) is 13.7. The molecule has 104 valence electrons. The summed E-state index contributed by atoms with van der Waals surface area (Å²) in [5.74, 6) is 0.962. The first-order chi connectivity index (χ1) is 9.26. The van der Waals surface area contributed by atoms with Gasteiger partial charge in [0, 0.05) is 20.1 Å². The maximum absolute atomic E-state index is 5.92. The molecule has 1 fully saturated rings. The van der Waals surface area contributed by atoms with E-state index in [-0.39, 0.29) is 6.10 Å². The van der Waals surface area contributed by atoms with Gasteiger partial charge in [-0.25, -0.2) is 0 Å². The Balaban J connectivity index is 2.11. The molecule has 1 unspecified atom stereocenters. The minimum atomic E-state index is 0.130. The van der Waals surface area contributed by atoms with Crippen molar-refractivity contribution in [2.24, 2.45) is 4.99 Å². The molecule has 1 saturated heterocycles. The van der Waals surface area contributed by atoms with E-state index in [4.69, 9.17) is 4.74 Å². The maximum Gasteiger partial charge on any atom is 0.193 e. The van der Waals surface area contributed by atoms with E-state index in [0.29, 0.717) is 0 Å². The van der Waals surface area contributed by atoms with Crippen molar-refractivity contribution >= 4 is 5.96 Å². The van der Waals surface area contributed by atoms with Gasteiger partial charge in [-0.2, -0.15) is 0 Å². The molecule has 1 aromatic rings. The van der Waals surface area contributed by atoms with E-state index in [1.165, 1.54) is 11.1 Å². The number of hydrogen-bond donors (Lipinski definition) is 1. The molecule has 1 heterocycles. The van der Waals surface area contributed by atoms with Crippen molar-refractivity contribution in [3.63, 3.8) is 0 Å². The lowest BCUT2D eigenvalue weighted by Crippen LogP contribution is -2.48. The molecule has 1 aliphatic rings. The fourth-order valence-electron chi connectivity index (χ4n) is 2.47. The highest BCUT2D eigenvalue weighted by Crippen LogP contribution is 2.24. The van der Waals surface area contributed by atoms with E-state index in [0.717, 1.165) is 32.2 Å². The standard InChI is InChI=1S/C15H23N3O/c1-4-17-15(16-3)18-9-10-19-14(11-18)13-8-6-5-7-12(13)2/h5-8,14H,4,9-11H2,1-3H3,(H,16,17). The van der Waals surface area contributed by atoms with Gasteiger partial charge < -0.3 is 15.0 Å². The molecule has 1 N–H and O–H groups in total. The van der Waals surface area contributed by atoms with Gasteiger partial charge in [-0.1, -0.05) is 24.3 Å². The zero-order valence-electron chi connectivity index (χ0n) is 12.0. The van der Waals surface area contributed by atoms with Crippen LogP contribution in [0.2, 0.25) is 0 Å². The quantitative estimate of drug-likeness (QED) is 0.653. The largest absolute Gasteiger partial charge is 0.370 e. The number of aryl methyl sites for hydroxylation is 1. The summed E-state index contributed by atoms with van der Waals surface area (Å²) in [5, 5.41) is 3.31. The molecular weight excluding hydrogens is 238 g/mol. The smallest absolute Gasteiger partial charge is 0.193 e. The van der Waals surface area contributed by atoms with Gasteiger partial charge >= 0.3 is 0 Å². The highest BCUT2D eigenvalue weighted by Gasteiger charge is 2.24. The number of rotatable bonds is 2. The molecule has 2 rings (SSSR count). The van der Waals surface area contributed by atoms with E-state index in [1.807, 2.05) is 7.05 Å². The topological polar surface area (TPSA) is 36.9 Å². The molecule has 1 atom stereocenters. The molecule has 0 spiro atoms. The molecule has 0 aromatic heterocycles. The lowest BCUT2D eigenvalue weighted by molar-refractivity contribution is -0.00827. The average molecular weight is 261 g/mol. The van der Waals surface area contributed by atoms with Gasteiger partial charge in [-0.3, -0.25) is 4.99 Å². The summed E-state index contributed by atoms with van der Waals surface area (Å²) in [4.78, 5) is 6.60. The number of nitrogens with one attached hydrogen (secondary N) is 1. The van der Waals surface area contributed by atoms with Crippen LogP contribution in [-0.4, -0.2) is 44.1 Å². The molecule has 4 heteroatoms. The highest BCUT2D eigenvalue weighted by atomic mass is 16.5. The summed E-state index contributed by atoms with van der Waals surface area (Å²) in [6, 6.07) is 8.43. The predicted octanol–water partition coefficient (Wildman–Crippen LogP) is 1.96. The van der Waals surface area contributed by atoms with Crippen LogP contribution in [-0.2, 0) is 4.74 Å². The van der Waals surface area contributed by atoms with Crippen molar-refractivity contribution in [1.82, 2.24) is 10.2 Å². The maximum atomic E-state index is 5.92. The highest BCUT2D eigenvalue weighted by molar-refractivity contribution is 5.80. The monoisotopic (exact) mass is 261 g/mol. The third-order valence-corrected chi connectivity index (χ3v) is 3.45. The van der Waals surface area contributed by atoms with E-state index in [2.05, 4.69) is 53.3 Å². The predicted molar refractivity (Wildman–Crippen MR) is 78.5 cm³/mol. The Bertz CT molecular complexity index is 445. The fraction of sp³-hybridized carbons (Fsp3) is 0.533. The van der Waals surface area contributed by atoms with Gasteiger partial charge in [0.05, 0.1) is 13.2 Å². The number of morpholine rings is 1. The van der Waals surface area contributed by atoms with Crippen LogP contribution in [0.1, 0.15) is 24.2 Å². The Morgan fingerprint density at radius 2 is 2.26 bits per heavy atom. The number of aliphatic imine (C=N–C) groups is 1. The van der Waals surface area contributed by atoms with Crippen molar-refractivity contribution in [1.29, 1.82) is 0 Å². The van der Waals surface area contributed by atoms with Crippen molar-refractivity contribution in [3.05, 3.63) is 35.4 Å². The second kappa shape index (κ2) is 6.57. The Morgan fingerprint density at radius 1 is 1.47 bits per heavy atom. The molecule has 0 amide bonds. The van der Waals surface area contributed by atoms with Gasteiger partial charge in [0.25, 0.3) is 0 Å². The van der Waals surface area contributed by atoms with Crippen LogP contribution in [0, 0.1) is 6.92 Å². The number of nitrogens with zero attached hydrogens (tertiary/aromatic N) is 2. The van der Waals surface area contributed by atoms with E-state index < -0.39 is 0 Å². The number of ether oxygens (including phenoxy) is 1. The summed E-state index contributed by atoms with van der Waals surface area (Å²) >= 11 is 0. The average Bonchev–Trinajstić information content (AvgIpc) is 2.45. The fourth-order valence-corrected chi connectivity index (χ4v) is 2.47. The molecular formula is C15H23N3O. The molecule has 1 aliphatic heterocycles. The van der Waals surface area contributed by atoms with Crippen LogP contribution in [0.3, 0.4) is 0 Å². The Labute approximate surface area is 115 Å². The van der Waals surface area contributed by atoms with E-state index in [9.17, 15) is 0 Å².